The van der Waals surface area contributed by atoms with Crippen molar-refractivity contribution in [2.24, 2.45) is 7.05 Å². The molecule has 6 nitrogen and oxygen atoms in total. The number of H-pyrrole nitrogens is 1. The summed E-state index contributed by atoms with van der Waals surface area (Å²) in [6.45, 7) is 1.90. The Balaban J connectivity index is 2.16. The molecule has 0 spiro atoms. The molecule has 96 valence electrons. The van der Waals surface area contributed by atoms with Crippen LogP contribution in [0.1, 0.15) is 25.1 Å². The fraction of sp³-hybridized carbons (Fsp3) is 0.364. The third-order valence-corrected chi connectivity index (χ3v) is 3.56. The van der Waals surface area contributed by atoms with E-state index < -0.39 is 6.10 Å². The van der Waals surface area contributed by atoms with Gasteiger partial charge in [0.05, 0.1) is 11.8 Å². The second-order valence-corrected chi connectivity index (χ2v) is 4.86. The molecule has 2 rings (SSSR count). The predicted molar refractivity (Wildman–Crippen MR) is 67.4 cm³/mol. The number of aromatic nitrogens is 4. The lowest BCUT2D eigenvalue weighted by Gasteiger charge is -2.07. The van der Waals surface area contributed by atoms with E-state index in [2.05, 4.69) is 15.2 Å². The summed E-state index contributed by atoms with van der Waals surface area (Å²) in [4.78, 5) is 16.2. The van der Waals surface area contributed by atoms with Crippen LogP contribution in [0.25, 0.3) is 0 Å². The molecule has 0 saturated heterocycles. The summed E-state index contributed by atoms with van der Waals surface area (Å²) in [5.41, 5.74) is 0.404. The Morgan fingerprint density at radius 2 is 2.33 bits per heavy atom. The van der Waals surface area contributed by atoms with E-state index in [9.17, 15) is 9.90 Å². The van der Waals surface area contributed by atoms with Crippen molar-refractivity contribution in [1.82, 2.24) is 19.7 Å². The average Bonchev–Trinajstić information content (AvgIpc) is 2.71. The van der Waals surface area contributed by atoms with Crippen LogP contribution < -0.4 is 5.69 Å². The van der Waals surface area contributed by atoms with Gasteiger partial charge in [-0.1, -0.05) is 6.92 Å². The Bertz CT molecular complexity index is 575. The van der Waals surface area contributed by atoms with Crippen LogP contribution in [0.2, 0.25) is 0 Å². The molecule has 7 heteroatoms. The minimum atomic E-state index is -0.529. The highest BCUT2D eigenvalue weighted by Gasteiger charge is 2.09. The monoisotopic (exact) mass is 266 g/mol. The van der Waals surface area contributed by atoms with Crippen LogP contribution in [-0.4, -0.2) is 24.9 Å². The Hall–Kier alpha value is -1.60. The quantitative estimate of drug-likeness (QED) is 0.865. The van der Waals surface area contributed by atoms with E-state index in [0.29, 0.717) is 17.3 Å². The number of aliphatic hydroxyl groups excluding tert-OH is 1. The van der Waals surface area contributed by atoms with Gasteiger partial charge < -0.3 is 5.11 Å². The number of nitrogens with one attached hydrogen (secondary N) is 1. The van der Waals surface area contributed by atoms with E-state index in [1.165, 1.54) is 16.3 Å². The molecule has 0 fully saturated rings. The van der Waals surface area contributed by atoms with Crippen molar-refractivity contribution in [1.29, 1.82) is 0 Å². The maximum atomic E-state index is 11.2. The molecule has 18 heavy (non-hydrogen) atoms. The Morgan fingerprint density at radius 3 is 2.83 bits per heavy atom. The van der Waals surface area contributed by atoms with Gasteiger partial charge in [0.25, 0.3) is 0 Å². The second kappa shape index (κ2) is 5.36. The van der Waals surface area contributed by atoms with Crippen molar-refractivity contribution >= 4 is 11.8 Å². The first kappa shape index (κ1) is 12.8. The third kappa shape index (κ3) is 2.62. The molecule has 0 saturated carbocycles. The van der Waals surface area contributed by atoms with Gasteiger partial charge >= 0.3 is 5.69 Å². The van der Waals surface area contributed by atoms with E-state index in [-0.39, 0.29) is 5.69 Å². The van der Waals surface area contributed by atoms with Gasteiger partial charge in [-0.25, -0.2) is 9.89 Å². The molecular formula is C11H14N4O2S. The van der Waals surface area contributed by atoms with Gasteiger partial charge in [-0.3, -0.25) is 9.55 Å². The fourth-order valence-electron chi connectivity index (χ4n) is 1.39. The molecule has 2 aromatic heterocycles. The summed E-state index contributed by atoms with van der Waals surface area (Å²) in [5, 5.41) is 16.5. The van der Waals surface area contributed by atoms with Gasteiger partial charge in [-0.05, 0) is 30.3 Å². The van der Waals surface area contributed by atoms with E-state index >= 15 is 0 Å². The maximum absolute atomic E-state index is 11.2. The molecule has 0 aliphatic carbocycles. The van der Waals surface area contributed by atoms with Gasteiger partial charge in [-0.2, -0.15) is 0 Å². The molecule has 0 aromatic carbocycles. The summed E-state index contributed by atoms with van der Waals surface area (Å²) >= 11 is 1.34. The summed E-state index contributed by atoms with van der Waals surface area (Å²) in [6, 6.07) is 3.63. The molecular weight excluding hydrogens is 252 g/mol. The number of aromatic amines is 1. The van der Waals surface area contributed by atoms with Gasteiger partial charge in [0.15, 0.2) is 5.16 Å². The van der Waals surface area contributed by atoms with E-state index in [1.807, 2.05) is 13.0 Å². The zero-order valence-corrected chi connectivity index (χ0v) is 10.9. The van der Waals surface area contributed by atoms with Crippen LogP contribution in [0, 0.1) is 0 Å². The molecule has 0 radical (unpaired) electrons. The van der Waals surface area contributed by atoms with Gasteiger partial charge in [0.2, 0.25) is 0 Å². The molecule has 0 unspecified atom stereocenters. The molecule has 2 heterocycles. The van der Waals surface area contributed by atoms with Gasteiger partial charge in [0, 0.05) is 18.1 Å². The number of nitrogens with zero attached hydrogens (tertiary/aromatic N) is 3. The molecule has 2 N–H and O–H groups in total. The maximum Gasteiger partial charge on any atom is 0.343 e. The van der Waals surface area contributed by atoms with Crippen molar-refractivity contribution in [3.05, 3.63) is 34.5 Å². The van der Waals surface area contributed by atoms with Crippen molar-refractivity contribution in [2.45, 2.75) is 29.5 Å². The van der Waals surface area contributed by atoms with Crippen LogP contribution in [0.5, 0.6) is 0 Å². The Kier molecular flexibility index (Phi) is 3.83. The summed E-state index contributed by atoms with van der Waals surface area (Å²) < 4.78 is 1.43. The van der Waals surface area contributed by atoms with Gasteiger partial charge in [-0.15, -0.1) is 5.10 Å². The highest BCUT2D eigenvalue weighted by Crippen LogP contribution is 2.25. The Labute approximate surface area is 108 Å². The predicted octanol–water partition coefficient (Wildman–Crippen LogP) is 1.10. The minimum absolute atomic E-state index is 0.247. The van der Waals surface area contributed by atoms with E-state index in [1.54, 1.807) is 19.3 Å². The second-order valence-electron chi connectivity index (χ2n) is 3.82. The van der Waals surface area contributed by atoms with Crippen molar-refractivity contribution in [3.63, 3.8) is 0 Å². The number of hydrogen-bond donors (Lipinski definition) is 2. The van der Waals surface area contributed by atoms with Crippen molar-refractivity contribution < 1.29 is 5.11 Å². The van der Waals surface area contributed by atoms with Gasteiger partial charge in [0.1, 0.15) is 0 Å². The zero-order valence-electron chi connectivity index (χ0n) is 10.1. The number of hydrogen-bond acceptors (Lipinski definition) is 5. The topological polar surface area (TPSA) is 83.8 Å². The first-order chi connectivity index (χ1) is 8.61. The lowest BCUT2D eigenvalue weighted by Crippen LogP contribution is -2.12. The summed E-state index contributed by atoms with van der Waals surface area (Å²) in [6.07, 6.45) is 1.77. The largest absolute Gasteiger partial charge is 0.387 e. The van der Waals surface area contributed by atoms with E-state index in [4.69, 9.17) is 0 Å². The number of pyridine rings is 1. The SMILES string of the molecule is CC[C@H](O)c1ccc(Sc2n[nH]c(=O)n2C)cn1. The molecule has 0 amide bonds. The summed E-state index contributed by atoms with van der Waals surface area (Å²) in [5.74, 6) is 0. The molecule has 0 aliphatic rings. The van der Waals surface area contributed by atoms with Crippen LogP contribution in [0.4, 0.5) is 0 Å². The fourth-order valence-corrected chi connectivity index (χ4v) is 2.15. The third-order valence-electron chi connectivity index (χ3n) is 2.54. The number of rotatable bonds is 4. The zero-order chi connectivity index (χ0) is 13.1. The lowest BCUT2D eigenvalue weighted by molar-refractivity contribution is 0.169. The standard InChI is InChI=1S/C11H14N4O2S/c1-3-9(16)8-5-4-7(6-12-8)18-11-14-13-10(17)15(11)2/h4-6,9,16H,3H2,1-2H3,(H,13,17)/t9-/m0/s1. The molecule has 0 bridgehead atoms. The first-order valence-electron chi connectivity index (χ1n) is 5.55. The lowest BCUT2D eigenvalue weighted by atomic mass is 10.2. The van der Waals surface area contributed by atoms with E-state index in [0.717, 1.165) is 4.90 Å². The van der Waals surface area contributed by atoms with Crippen molar-refractivity contribution in [2.75, 3.05) is 0 Å². The normalized spacial score (nSPS) is 12.6. The Morgan fingerprint density at radius 1 is 1.56 bits per heavy atom. The first-order valence-corrected chi connectivity index (χ1v) is 6.36. The molecule has 2 aromatic rings. The average molecular weight is 266 g/mol. The molecule has 1 atom stereocenters. The smallest absolute Gasteiger partial charge is 0.343 e. The van der Waals surface area contributed by atoms with Crippen molar-refractivity contribution in [3.8, 4) is 0 Å². The molecule has 0 aliphatic heterocycles. The highest BCUT2D eigenvalue weighted by atomic mass is 32.2. The highest BCUT2D eigenvalue weighted by molar-refractivity contribution is 7.99. The van der Waals surface area contributed by atoms with Crippen LogP contribution >= 0.6 is 11.8 Å². The minimum Gasteiger partial charge on any atom is -0.387 e. The summed E-state index contributed by atoms with van der Waals surface area (Å²) in [7, 11) is 1.65. The van der Waals surface area contributed by atoms with Crippen LogP contribution in [0.3, 0.4) is 0 Å². The van der Waals surface area contributed by atoms with Crippen LogP contribution in [-0.2, 0) is 7.05 Å². The van der Waals surface area contributed by atoms with Crippen LogP contribution in [0.15, 0.2) is 33.2 Å². The number of aliphatic hydroxyl groups is 1.